The number of amides is 1. The number of carbonyl (C=O) groups excluding carboxylic acids is 1. The minimum Gasteiger partial charge on any atom is -0.354 e. The highest BCUT2D eigenvalue weighted by atomic mass is 32.2. The van der Waals surface area contributed by atoms with Gasteiger partial charge in [0.05, 0.1) is 10.9 Å². The average Bonchev–Trinajstić information content (AvgIpc) is 2.45. The van der Waals surface area contributed by atoms with Gasteiger partial charge in [-0.05, 0) is 30.0 Å². The van der Waals surface area contributed by atoms with E-state index >= 15 is 0 Å². The first kappa shape index (κ1) is 17.6. The third-order valence-electron chi connectivity index (χ3n) is 3.52. The molecule has 1 rings (SSSR count). The summed E-state index contributed by atoms with van der Waals surface area (Å²) in [6, 6.07) is 5.77. The lowest BCUT2D eigenvalue weighted by Gasteiger charge is -2.17. The fourth-order valence-electron chi connectivity index (χ4n) is 1.81. The number of hydrogen-bond donors (Lipinski definition) is 3. The maximum Gasteiger partial charge on any atom is 0.238 e. The van der Waals surface area contributed by atoms with E-state index in [1.165, 1.54) is 12.1 Å². The van der Waals surface area contributed by atoms with Gasteiger partial charge in [-0.25, -0.2) is 13.6 Å². The molecule has 1 aromatic rings. The van der Waals surface area contributed by atoms with Crippen molar-refractivity contribution in [1.82, 2.24) is 5.32 Å². The van der Waals surface area contributed by atoms with Crippen molar-refractivity contribution in [2.24, 2.45) is 16.8 Å². The van der Waals surface area contributed by atoms with Crippen LogP contribution in [0.25, 0.3) is 0 Å². The molecule has 1 amide bonds. The molecule has 5 N–H and O–H groups in total. The van der Waals surface area contributed by atoms with Crippen LogP contribution < -0.4 is 16.2 Å². The van der Waals surface area contributed by atoms with E-state index in [1.807, 2.05) is 13.8 Å². The third-order valence-corrected chi connectivity index (χ3v) is 4.45. The molecule has 118 valence electrons. The molecule has 0 aliphatic rings. The van der Waals surface area contributed by atoms with Gasteiger partial charge in [0.25, 0.3) is 0 Å². The van der Waals surface area contributed by atoms with Crippen LogP contribution in [0.15, 0.2) is 29.2 Å². The number of primary sulfonamides is 1. The lowest BCUT2D eigenvalue weighted by molar-refractivity contribution is -0.123. The molecule has 0 bridgehead atoms. The van der Waals surface area contributed by atoms with E-state index in [-0.39, 0.29) is 16.7 Å². The average molecular weight is 313 g/mol. The van der Waals surface area contributed by atoms with Gasteiger partial charge in [-0.1, -0.05) is 32.4 Å². The van der Waals surface area contributed by atoms with Gasteiger partial charge in [-0.15, -0.1) is 0 Å². The van der Waals surface area contributed by atoms with E-state index < -0.39 is 16.1 Å². The van der Waals surface area contributed by atoms with E-state index in [0.717, 1.165) is 12.0 Å². The van der Waals surface area contributed by atoms with Crippen LogP contribution in [-0.4, -0.2) is 26.9 Å². The second kappa shape index (κ2) is 7.53. The van der Waals surface area contributed by atoms with Crippen molar-refractivity contribution in [2.45, 2.75) is 37.6 Å². The smallest absolute Gasteiger partial charge is 0.238 e. The molecule has 0 spiro atoms. The Balaban J connectivity index is 2.48. The predicted octanol–water partition coefficient (Wildman–Crippen LogP) is 0.366. The number of benzene rings is 1. The molecule has 7 heteroatoms. The maximum atomic E-state index is 11.8. The van der Waals surface area contributed by atoms with Crippen LogP contribution in [0.1, 0.15) is 25.8 Å². The van der Waals surface area contributed by atoms with Crippen molar-refractivity contribution in [3.63, 3.8) is 0 Å². The zero-order valence-electron chi connectivity index (χ0n) is 12.4. The van der Waals surface area contributed by atoms with E-state index in [9.17, 15) is 13.2 Å². The number of carbonyl (C=O) groups is 1. The van der Waals surface area contributed by atoms with Crippen molar-refractivity contribution in [1.29, 1.82) is 0 Å². The summed E-state index contributed by atoms with van der Waals surface area (Å²) in [7, 11) is -3.66. The fraction of sp³-hybridized carbons (Fsp3) is 0.500. The van der Waals surface area contributed by atoms with Crippen LogP contribution in [0.3, 0.4) is 0 Å². The molecule has 0 aliphatic heterocycles. The quantitative estimate of drug-likeness (QED) is 0.674. The number of nitrogens with two attached hydrogens (primary N) is 2. The van der Waals surface area contributed by atoms with Gasteiger partial charge in [-0.3, -0.25) is 4.79 Å². The number of hydrogen-bond acceptors (Lipinski definition) is 4. The van der Waals surface area contributed by atoms with Crippen LogP contribution in [-0.2, 0) is 21.2 Å². The molecule has 0 saturated carbocycles. The summed E-state index contributed by atoms with van der Waals surface area (Å²) < 4.78 is 22.2. The van der Waals surface area contributed by atoms with Crippen LogP contribution in [0.5, 0.6) is 0 Å². The zero-order chi connectivity index (χ0) is 16.0. The van der Waals surface area contributed by atoms with Crippen molar-refractivity contribution in [3.05, 3.63) is 29.8 Å². The Hall–Kier alpha value is -1.44. The molecule has 6 nitrogen and oxygen atoms in total. The highest BCUT2D eigenvalue weighted by Crippen LogP contribution is 2.09. The summed E-state index contributed by atoms with van der Waals surface area (Å²) in [5, 5.41) is 7.81. The van der Waals surface area contributed by atoms with Gasteiger partial charge in [0.15, 0.2) is 0 Å². The summed E-state index contributed by atoms with van der Waals surface area (Å²) >= 11 is 0. The topological polar surface area (TPSA) is 115 Å². The molecule has 1 aromatic carbocycles. The minimum absolute atomic E-state index is 0.0779. The summed E-state index contributed by atoms with van der Waals surface area (Å²) in [5.74, 6) is -0.0236. The molecule has 0 aromatic heterocycles. The lowest BCUT2D eigenvalue weighted by atomic mass is 9.99. The first-order valence-corrected chi connectivity index (χ1v) is 8.45. The van der Waals surface area contributed by atoms with Gasteiger partial charge in [0.1, 0.15) is 0 Å². The Morgan fingerprint density at radius 1 is 1.29 bits per heavy atom. The molecular formula is C14H23N3O3S. The van der Waals surface area contributed by atoms with Crippen molar-refractivity contribution < 1.29 is 13.2 Å². The number of nitrogens with one attached hydrogen (secondary N) is 1. The highest BCUT2D eigenvalue weighted by molar-refractivity contribution is 7.89. The van der Waals surface area contributed by atoms with Crippen LogP contribution >= 0.6 is 0 Å². The van der Waals surface area contributed by atoms with Gasteiger partial charge >= 0.3 is 0 Å². The van der Waals surface area contributed by atoms with Crippen molar-refractivity contribution in [3.8, 4) is 0 Å². The van der Waals surface area contributed by atoms with Crippen molar-refractivity contribution in [2.75, 3.05) is 6.54 Å². The number of rotatable bonds is 7. The highest BCUT2D eigenvalue weighted by Gasteiger charge is 2.18. The van der Waals surface area contributed by atoms with Gasteiger partial charge in [-0.2, -0.15) is 0 Å². The fourth-order valence-corrected chi connectivity index (χ4v) is 2.32. The van der Waals surface area contributed by atoms with Crippen molar-refractivity contribution >= 4 is 15.9 Å². The summed E-state index contributed by atoms with van der Waals surface area (Å²) in [5.41, 5.74) is 6.74. The van der Waals surface area contributed by atoms with Gasteiger partial charge in [0, 0.05) is 6.54 Å². The monoisotopic (exact) mass is 313 g/mol. The van der Waals surface area contributed by atoms with E-state index in [4.69, 9.17) is 10.9 Å². The Kier molecular flexibility index (Phi) is 6.32. The SMILES string of the molecule is CCC(C)C(N)C(=O)NCCc1ccc(S(N)(=O)=O)cc1. The third kappa shape index (κ3) is 5.45. The van der Waals surface area contributed by atoms with E-state index in [1.54, 1.807) is 12.1 Å². The first-order chi connectivity index (χ1) is 9.75. The molecule has 0 radical (unpaired) electrons. The normalized spacial score (nSPS) is 14.5. The minimum atomic E-state index is -3.66. The van der Waals surface area contributed by atoms with Gasteiger partial charge in [0.2, 0.25) is 15.9 Å². The lowest BCUT2D eigenvalue weighted by Crippen LogP contribution is -2.45. The second-order valence-electron chi connectivity index (χ2n) is 5.14. The van der Waals surface area contributed by atoms with Crippen LogP contribution in [0.4, 0.5) is 0 Å². The summed E-state index contributed by atoms with van der Waals surface area (Å²) in [4.78, 5) is 11.9. The summed E-state index contributed by atoms with van der Waals surface area (Å²) in [6.07, 6.45) is 1.45. The Morgan fingerprint density at radius 3 is 2.33 bits per heavy atom. The largest absolute Gasteiger partial charge is 0.354 e. The molecule has 2 atom stereocenters. The van der Waals surface area contributed by atoms with E-state index in [0.29, 0.717) is 13.0 Å². The molecule has 0 fully saturated rings. The first-order valence-electron chi connectivity index (χ1n) is 6.90. The van der Waals surface area contributed by atoms with Gasteiger partial charge < -0.3 is 11.1 Å². The molecular weight excluding hydrogens is 290 g/mol. The Labute approximate surface area is 126 Å². The summed E-state index contributed by atoms with van der Waals surface area (Å²) in [6.45, 7) is 4.39. The standard InChI is InChI=1S/C14H23N3O3S/c1-3-10(2)13(15)14(18)17-9-8-11-4-6-12(7-5-11)21(16,19)20/h4-7,10,13H,3,8-9,15H2,1-2H3,(H,17,18)(H2,16,19,20). The Bertz CT molecular complexity index is 570. The molecule has 21 heavy (non-hydrogen) atoms. The van der Waals surface area contributed by atoms with Crippen LogP contribution in [0.2, 0.25) is 0 Å². The second-order valence-corrected chi connectivity index (χ2v) is 6.70. The molecule has 2 unspecified atom stereocenters. The Morgan fingerprint density at radius 2 is 1.86 bits per heavy atom. The molecule has 0 saturated heterocycles. The molecule has 0 heterocycles. The van der Waals surface area contributed by atoms with E-state index in [2.05, 4.69) is 5.32 Å². The number of sulfonamides is 1. The van der Waals surface area contributed by atoms with Crippen LogP contribution in [0, 0.1) is 5.92 Å². The predicted molar refractivity (Wildman–Crippen MR) is 82.0 cm³/mol. The maximum absolute atomic E-state index is 11.8. The zero-order valence-corrected chi connectivity index (χ0v) is 13.2. The molecule has 0 aliphatic carbocycles.